The van der Waals surface area contributed by atoms with Crippen molar-refractivity contribution in [1.82, 2.24) is 4.90 Å². The fourth-order valence-corrected chi connectivity index (χ4v) is 2.32. The highest BCUT2D eigenvalue weighted by Crippen LogP contribution is 2.23. The van der Waals surface area contributed by atoms with Crippen molar-refractivity contribution in [3.8, 4) is 11.5 Å². The monoisotopic (exact) mass is 271 g/mol. The van der Waals surface area contributed by atoms with Gasteiger partial charge in [0, 0.05) is 24.2 Å². The Morgan fingerprint density at radius 2 is 1.20 bits per heavy atom. The molecule has 0 atom stereocenters. The number of aromatic hydroxyl groups is 2. The molecule has 0 saturated carbocycles. The molecule has 0 unspecified atom stereocenters. The second kappa shape index (κ2) is 5.97. The molecule has 2 aromatic rings. The Bertz CT molecular complexity index is 554. The van der Waals surface area contributed by atoms with Crippen LogP contribution in [0.5, 0.6) is 11.5 Å². The molecule has 0 amide bonds. The lowest BCUT2D eigenvalue weighted by Gasteiger charge is -2.19. The molecule has 20 heavy (non-hydrogen) atoms. The Kier molecular flexibility index (Phi) is 4.30. The molecule has 3 nitrogen and oxygen atoms in total. The zero-order valence-electron chi connectivity index (χ0n) is 12.2. The minimum atomic E-state index is 0.316. The van der Waals surface area contributed by atoms with Gasteiger partial charge in [-0.1, -0.05) is 35.4 Å². The Morgan fingerprint density at radius 3 is 1.60 bits per heavy atom. The molecule has 0 aliphatic heterocycles. The first-order chi connectivity index (χ1) is 9.45. The van der Waals surface area contributed by atoms with E-state index in [1.54, 1.807) is 12.1 Å². The van der Waals surface area contributed by atoms with E-state index in [0.717, 1.165) is 22.3 Å². The predicted molar refractivity (Wildman–Crippen MR) is 80.9 cm³/mol. The van der Waals surface area contributed by atoms with Gasteiger partial charge in [0.05, 0.1) is 0 Å². The predicted octanol–water partition coefficient (Wildman–Crippen LogP) is 3.35. The van der Waals surface area contributed by atoms with E-state index in [-0.39, 0.29) is 0 Å². The molecule has 2 N–H and O–H groups in total. The van der Waals surface area contributed by atoms with Gasteiger partial charge in [-0.3, -0.25) is 4.90 Å². The third-order valence-electron chi connectivity index (χ3n) is 3.35. The SMILES string of the molecule is Cc1ccc(O)c(CN(C)Cc2cc(C)ccc2O)c1. The number of hydrogen-bond donors (Lipinski definition) is 2. The van der Waals surface area contributed by atoms with Gasteiger partial charge in [-0.05, 0) is 33.0 Å². The van der Waals surface area contributed by atoms with E-state index in [2.05, 4.69) is 4.90 Å². The highest BCUT2D eigenvalue weighted by atomic mass is 16.3. The lowest BCUT2D eigenvalue weighted by Crippen LogP contribution is -2.17. The summed E-state index contributed by atoms with van der Waals surface area (Å²) < 4.78 is 0. The van der Waals surface area contributed by atoms with Crippen molar-refractivity contribution in [3.05, 3.63) is 58.7 Å². The number of nitrogens with zero attached hydrogens (tertiary/aromatic N) is 1. The number of aryl methyl sites for hydroxylation is 2. The molecule has 0 radical (unpaired) electrons. The van der Waals surface area contributed by atoms with E-state index < -0.39 is 0 Å². The number of phenolic OH excluding ortho intramolecular Hbond substituents is 2. The Morgan fingerprint density at radius 1 is 0.800 bits per heavy atom. The summed E-state index contributed by atoms with van der Waals surface area (Å²) in [6.45, 7) is 5.30. The molecular formula is C17H21NO2. The van der Waals surface area contributed by atoms with Gasteiger partial charge in [0.15, 0.2) is 0 Å². The van der Waals surface area contributed by atoms with Gasteiger partial charge in [-0.15, -0.1) is 0 Å². The van der Waals surface area contributed by atoms with E-state index in [0.29, 0.717) is 24.6 Å². The molecule has 0 spiro atoms. The van der Waals surface area contributed by atoms with Crippen LogP contribution in [0.15, 0.2) is 36.4 Å². The van der Waals surface area contributed by atoms with Crippen LogP contribution in [0.25, 0.3) is 0 Å². The summed E-state index contributed by atoms with van der Waals surface area (Å²) in [6, 6.07) is 11.2. The van der Waals surface area contributed by atoms with Crippen molar-refractivity contribution in [2.75, 3.05) is 7.05 Å². The zero-order chi connectivity index (χ0) is 14.7. The summed E-state index contributed by atoms with van der Waals surface area (Å²) in [5.41, 5.74) is 4.06. The van der Waals surface area contributed by atoms with E-state index in [4.69, 9.17) is 0 Å². The number of phenols is 2. The Balaban J connectivity index is 2.10. The maximum absolute atomic E-state index is 9.87. The second-order valence-electron chi connectivity index (χ2n) is 5.44. The average Bonchev–Trinajstić information content (AvgIpc) is 2.38. The molecule has 0 fully saturated rings. The zero-order valence-corrected chi connectivity index (χ0v) is 12.2. The third kappa shape index (κ3) is 3.52. The lowest BCUT2D eigenvalue weighted by molar-refractivity contribution is 0.306. The van der Waals surface area contributed by atoms with Crippen molar-refractivity contribution < 1.29 is 10.2 Å². The number of benzene rings is 2. The van der Waals surface area contributed by atoms with E-state index in [1.807, 2.05) is 45.2 Å². The van der Waals surface area contributed by atoms with Gasteiger partial charge in [-0.2, -0.15) is 0 Å². The Labute approximate surface area is 120 Å². The van der Waals surface area contributed by atoms with Crippen LogP contribution in [0, 0.1) is 13.8 Å². The van der Waals surface area contributed by atoms with Gasteiger partial charge in [-0.25, -0.2) is 0 Å². The molecule has 0 aromatic heterocycles. The fourth-order valence-electron chi connectivity index (χ4n) is 2.32. The molecule has 3 heteroatoms. The van der Waals surface area contributed by atoms with Gasteiger partial charge >= 0.3 is 0 Å². The molecular weight excluding hydrogens is 250 g/mol. The van der Waals surface area contributed by atoms with E-state index in [1.165, 1.54) is 0 Å². The van der Waals surface area contributed by atoms with Gasteiger partial charge in [0.25, 0.3) is 0 Å². The molecule has 0 aliphatic carbocycles. The molecule has 2 rings (SSSR count). The first-order valence-electron chi connectivity index (χ1n) is 6.71. The normalized spacial score (nSPS) is 11.0. The quantitative estimate of drug-likeness (QED) is 0.896. The smallest absolute Gasteiger partial charge is 0.120 e. The molecule has 0 bridgehead atoms. The number of rotatable bonds is 4. The van der Waals surface area contributed by atoms with Gasteiger partial charge in [0.2, 0.25) is 0 Å². The van der Waals surface area contributed by atoms with Crippen molar-refractivity contribution in [1.29, 1.82) is 0 Å². The summed E-state index contributed by atoms with van der Waals surface area (Å²) in [4.78, 5) is 2.07. The van der Waals surface area contributed by atoms with Crippen LogP contribution in [0.3, 0.4) is 0 Å². The first-order valence-corrected chi connectivity index (χ1v) is 6.71. The largest absolute Gasteiger partial charge is 0.508 e. The van der Waals surface area contributed by atoms with Gasteiger partial charge in [0.1, 0.15) is 11.5 Å². The second-order valence-corrected chi connectivity index (χ2v) is 5.44. The Hall–Kier alpha value is -2.00. The average molecular weight is 271 g/mol. The maximum atomic E-state index is 9.87. The van der Waals surface area contributed by atoms with Crippen molar-refractivity contribution in [2.24, 2.45) is 0 Å². The van der Waals surface area contributed by atoms with Crippen LogP contribution in [0.4, 0.5) is 0 Å². The highest BCUT2D eigenvalue weighted by molar-refractivity contribution is 5.37. The lowest BCUT2D eigenvalue weighted by atomic mass is 10.1. The third-order valence-corrected chi connectivity index (χ3v) is 3.35. The van der Waals surface area contributed by atoms with Crippen LogP contribution in [0.1, 0.15) is 22.3 Å². The summed E-state index contributed by atoms with van der Waals surface area (Å²) in [7, 11) is 1.98. The van der Waals surface area contributed by atoms with Crippen LogP contribution in [-0.2, 0) is 13.1 Å². The first kappa shape index (κ1) is 14.4. The fraction of sp³-hybridized carbons (Fsp3) is 0.294. The maximum Gasteiger partial charge on any atom is 0.120 e. The van der Waals surface area contributed by atoms with Gasteiger partial charge < -0.3 is 10.2 Å². The standard InChI is InChI=1S/C17H21NO2/c1-12-4-6-16(19)14(8-12)10-18(3)11-15-9-13(2)5-7-17(15)20/h4-9,19-20H,10-11H2,1-3H3. The summed E-state index contributed by atoms with van der Waals surface area (Å²) in [5, 5.41) is 19.7. The van der Waals surface area contributed by atoms with Crippen LogP contribution < -0.4 is 0 Å². The highest BCUT2D eigenvalue weighted by Gasteiger charge is 2.09. The molecule has 0 heterocycles. The van der Waals surface area contributed by atoms with Crippen molar-refractivity contribution in [3.63, 3.8) is 0 Å². The minimum absolute atomic E-state index is 0.316. The minimum Gasteiger partial charge on any atom is -0.508 e. The van der Waals surface area contributed by atoms with E-state index in [9.17, 15) is 10.2 Å². The number of hydrogen-bond acceptors (Lipinski definition) is 3. The topological polar surface area (TPSA) is 43.7 Å². The molecule has 0 aliphatic rings. The van der Waals surface area contributed by atoms with Crippen LogP contribution in [0.2, 0.25) is 0 Å². The van der Waals surface area contributed by atoms with Crippen LogP contribution in [-0.4, -0.2) is 22.2 Å². The van der Waals surface area contributed by atoms with Crippen molar-refractivity contribution in [2.45, 2.75) is 26.9 Å². The van der Waals surface area contributed by atoms with Crippen molar-refractivity contribution >= 4 is 0 Å². The summed E-state index contributed by atoms with van der Waals surface area (Å²) in [5.74, 6) is 0.631. The molecule has 106 valence electrons. The molecule has 2 aromatic carbocycles. The summed E-state index contributed by atoms with van der Waals surface area (Å²) in [6.07, 6.45) is 0. The van der Waals surface area contributed by atoms with E-state index >= 15 is 0 Å². The molecule has 0 saturated heterocycles. The van der Waals surface area contributed by atoms with Crippen LogP contribution >= 0.6 is 0 Å². The summed E-state index contributed by atoms with van der Waals surface area (Å²) >= 11 is 0.